The SMILES string of the molecule is Cn1ccnc1C(O)(CCNC(=O)CSC(C)(C)C)C(F)(F)F. The third-order valence-electron chi connectivity index (χ3n) is 3.11. The molecule has 0 aromatic carbocycles. The number of nitrogens with one attached hydrogen (secondary N) is 1. The molecule has 0 aliphatic carbocycles. The molecule has 5 nitrogen and oxygen atoms in total. The van der Waals surface area contributed by atoms with E-state index in [0.717, 1.165) is 4.57 Å². The van der Waals surface area contributed by atoms with Crippen LogP contribution in [0, 0.1) is 0 Å². The van der Waals surface area contributed by atoms with Gasteiger partial charge in [0.2, 0.25) is 11.5 Å². The van der Waals surface area contributed by atoms with Gasteiger partial charge >= 0.3 is 6.18 Å². The van der Waals surface area contributed by atoms with Crippen molar-refractivity contribution in [1.29, 1.82) is 0 Å². The molecule has 1 heterocycles. The summed E-state index contributed by atoms with van der Waals surface area (Å²) in [6, 6.07) is 0. The maximum atomic E-state index is 13.3. The van der Waals surface area contributed by atoms with E-state index in [-0.39, 0.29) is 23.0 Å². The summed E-state index contributed by atoms with van der Waals surface area (Å²) in [7, 11) is 1.37. The minimum absolute atomic E-state index is 0.114. The fourth-order valence-electron chi connectivity index (χ4n) is 1.86. The second-order valence-corrected chi connectivity index (χ2v) is 8.02. The van der Waals surface area contributed by atoms with E-state index in [2.05, 4.69) is 10.3 Å². The Labute approximate surface area is 137 Å². The number of aromatic nitrogens is 2. The second kappa shape index (κ2) is 7.12. The van der Waals surface area contributed by atoms with E-state index in [1.54, 1.807) is 0 Å². The molecule has 0 radical (unpaired) electrons. The molecule has 9 heteroatoms. The molecule has 1 atom stereocenters. The molecular weight excluding hydrogens is 331 g/mol. The molecule has 0 aliphatic heterocycles. The van der Waals surface area contributed by atoms with Gasteiger partial charge in [0.05, 0.1) is 5.75 Å². The number of thioether (sulfide) groups is 1. The van der Waals surface area contributed by atoms with Crippen molar-refractivity contribution >= 4 is 17.7 Å². The third-order valence-corrected chi connectivity index (χ3v) is 4.38. The summed E-state index contributed by atoms with van der Waals surface area (Å²) in [5.41, 5.74) is -3.10. The van der Waals surface area contributed by atoms with E-state index >= 15 is 0 Å². The fraction of sp³-hybridized carbons (Fsp3) is 0.714. The lowest BCUT2D eigenvalue weighted by atomic mass is 9.97. The van der Waals surface area contributed by atoms with Crippen molar-refractivity contribution in [3.8, 4) is 0 Å². The van der Waals surface area contributed by atoms with Crippen molar-refractivity contribution < 1.29 is 23.1 Å². The first kappa shape index (κ1) is 19.8. The number of aryl methyl sites for hydroxylation is 1. The first-order valence-corrected chi connectivity index (χ1v) is 8.03. The minimum Gasteiger partial charge on any atom is -0.374 e. The van der Waals surface area contributed by atoms with Crippen molar-refractivity contribution in [3.63, 3.8) is 0 Å². The number of amides is 1. The minimum atomic E-state index is -4.89. The van der Waals surface area contributed by atoms with E-state index in [4.69, 9.17) is 0 Å². The van der Waals surface area contributed by atoms with Crippen molar-refractivity contribution in [2.24, 2.45) is 7.05 Å². The standard InChI is InChI=1S/C14H22F3N3O2S/c1-12(2,3)23-9-10(21)18-6-5-13(22,14(15,16)17)11-19-7-8-20(11)4/h7-8,22H,5-6,9H2,1-4H3,(H,18,21). The van der Waals surface area contributed by atoms with E-state index in [9.17, 15) is 23.1 Å². The lowest BCUT2D eigenvalue weighted by Gasteiger charge is -2.30. The molecule has 1 aromatic rings. The zero-order valence-electron chi connectivity index (χ0n) is 13.6. The highest BCUT2D eigenvalue weighted by atomic mass is 32.2. The molecule has 0 aliphatic rings. The molecule has 1 aromatic heterocycles. The number of rotatable bonds is 6. The number of alkyl halides is 3. The molecule has 0 saturated carbocycles. The molecule has 23 heavy (non-hydrogen) atoms. The van der Waals surface area contributed by atoms with Gasteiger partial charge in [0, 0.05) is 37.2 Å². The third kappa shape index (κ3) is 5.42. The second-order valence-electron chi connectivity index (χ2n) is 6.22. The van der Waals surface area contributed by atoms with Crippen LogP contribution in [0.5, 0.6) is 0 Å². The first-order valence-electron chi connectivity index (χ1n) is 7.04. The highest BCUT2D eigenvalue weighted by molar-refractivity contribution is 8.01. The molecule has 1 amide bonds. The van der Waals surface area contributed by atoms with E-state index < -0.39 is 24.0 Å². The molecule has 0 bridgehead atoms. The van der Waals surface area contributed by atoms with Gasteiger partial charge in [0.25, 0.3) is 0 Å². The summed E-state index contributed by atoms with van der Waals surface area (Å²) < 4.78 is 40.8. The molecule has 1 unspecified atom stereocenters. The zero-order chi connectivity index (χ0) is 17.9. The van der Waals surface area contributed by atoms with Gasteiger partial charge in [-0.1, -0.05) is 20.8 Å². The molecule has 1 rings (SSSR count). The van der Waals surface area contributed by atoms with Crippen molar-refractivity contribution in [2.75, 3.05) is 12.3 Å². The number of nitrogens with zero attached hydrogens (tertiary/aromatic N) is 2. The van der Waals surface area contributed by atoms with Crippen LogP contribution in [0.2, 0.25) is 0 Å². The highest BCUT2D eigenvalue weighted by Crippen LogP contribution is 2.40. The maximum absolute atomic E-state index is 13.3. The number of imidazole rings is 1. The van der Waals surface area contributed by atoms with Crippen LogP contribution in [-0.2, 0) is 17.4 Å². The van der Waals surface area contributed by atoms with Crippen LogP contribution in [0.4, 0.5) is 13.2 Å². The summed E-state index contributed by atoms with van der Waals surface area (Å²) in [4.78, 5) is 15.3. The Balaban J connectivity index is 2.68. The summed E-state index contributed by atoms with van der Waals surface area (Å²) in [5.74, 6) is -0.714. The highest BCUT2D eigenvalue weighted by Gasteiger charge is 2.57. The molecule has 0 saturated heterocycles. The van der Waals surface area contributed by atoms with Gasteiger partial charge in [0.1, 0.15) is 5.82 Å². The van der Waals surface area contributed by atoms with Crippen molar-refractivity contribution in [3.05, 3.63) is 18.2 Å². The smallest absolute Gasteiger partial charge is 0.374 e. The fourth-order valence-corrected chi connectivity index (χ4v) is 2.53. The Hall–Kier alpha value is -1.22. The van der Waals surface area contributed by atoms with Gasteiger partial charge in [-0.15, -0.1) is 11.8 Å². The van der Waals surface area contributed by atoms with Gasteiger partial charge < -0.3 is 15.0 Å². The van der Waals surface area contributed by atoms with Crippen LogP contribution in [0.1, 0.15) is 33.0 Å². The number of carbonyl (C=O) groups is 1. The van der Waals surface area contributed by atoms with Crippen LogP contribution in [-0.4, -0.2) is 43.8 Å². The summed E-state index contributed by atoms with van der Waals surface area (Å²) in [5, 5.41) is 12.5. The van der Waals surface area contributed by atoms with Gasteiger partial charge in [-0.3, -0.25) is 4.79 Å². The van der Waals surface area contributed by atoms with E-state index in [1.807, 2.05) is 20.8 Å². The topological polar surface area (TPSA) is 67.2 Å². The summed E-state index contributed by atoms with van der Waals surface area (Å²) >= 11 is 1.39. The first-order chi connectivity index (χ1) is 10.4. The molecule has 0 fully saturated rings. The molecular formula is C14H22F3N3O2S. The number of carbonyl (C=O) groups excluding carboxylic acids is 1. The Bertz CT molecular complexity index is 540. The Morgan fingerprint density at radius 1 is 1.39 bits per heavy atom. The molecule has 132 valence electrons. The van der Waals surface area contributed by atoms with E-state index in [0.29, 0.717) is 0 Å². The van der Waals surface area contributed by atoms with Crippen LogP contribution in [0.25, 0.3) is 0 Å². The predicted octanol–water partition coefficient (Wildman–Crippen LogP) is 2.21. The average molecular weight is 353 g/mol. The Morgan fingerprint density at radius 3 is 2.43 bits per heavy atom. The van der Waals surface area contributed by atoms with Gasteiger partial charge in [-0.2, -0.15) is 13.2 Å². The number of halogens is 3. The lowest BCUT2D eigenvalue weighted by molar-refractivity contribution is -0.272. The van der Waals surface area contributed by atoms with Gasteiger partial charge in [0.15, 0.2) is 0 Å². The largest absolute Gasteiger partial charge is 0.424 e. The van der Waals surface area contributed by atoms with Crippen molar-refractivity contribution in [2.45, 2.75) is 43.7 Å². The molecule has 2 N–H and O–H groups in total. The monoisotopic (exact) mass is 353 g/mol. The zero-order valence-corrected chi connectivity index (χ0v) is 14.4. The average Bonchev–Trinajstić information content (AvgIpc) is 2.80. The summed E-state index contributed by atoms with van der Waals surface area (Å²) in [6.07, 6.45) is -3.08. The Morgan fingerprint density at radius 2 is 2.00 bits per heavy atom. The quantitative estimate of drug-likeness (QED) is 0.823. The van der Waals surface area contributed by atoms with Crippen LogP contribution < -0.4 is 5.32 Å². The van der Waals surface area contributed by atoms with Gasteiger partial charge in [-0.25, -0.2) is 4.98 Å². The Kier molecular flexibility index (Phi) is 6.14. The van der Waals surface area contributed by atoms with Crippen molar-refractivity contribution in [1.82, 2.24) is 14.9 Å². The molecule has 0 spiro atoms. The van der Waals surface area contributed by atoms with E-state index in [1.165, 1.54) is 31.2 Å². The summed E-state index contributed by atoms with van der Waals surface area (Å²) in [6.45, 7) is 5.52. The lowest BCUT2D eigenvalue weighted by Crippen LogP contribution is -2.46. The maximum Gasteiger partial charge on any atom is 0.424 e. The van der Waals surface area contributed by atoms with Crippen LogP contribution in [0.15, 0.2) is 12.4 Å². The number of hydrogen-bond donors (Lipinski definition) is 2. The van der Waals surface area contributed by atoms with Gasteiger partial charge in [-0.05, 0) is 0 Å². The normalized spacial score (nSPS) is 15.3. The van der Waals surface area contributed by atoms with Crippen LogP contribution in [0.3, 0.4) is 0 Å². The number of hydrogen-bond acceptors (Lipinski definition) is 4. The predicted molar refractivity (Wildman–Crippen MR) is 83.0 cm³/mol. The van der Waals surface area contributed by atoms with Crippen LogP contribution >= 0.6 is 11.8 Å². The number of aliphatic hydroxyl groups is 1.